The van der Waals surface area contributed by atoms with Crippen LogP contribution in [0.1, 0.15) is 32.3 Å². The Morgan fingerprint density at radius 1 is 1.39 bits per heavy atom. The molecule has 1 unspecified atom stereocenters. The summed E-state index contributed by atoms with van der Waals surface area (Å²) in [4.78, 5) is 0.202. The van der Waals surface area contributed by atoms with Gasteiger partial charge in [-0.15, -0.1) is 0 Å². The molecule has 1 N–H and O–H groups in total. The lowest BCUT2D eigenvalue weighted by atomic mass is 10.2. The number of ether oxygens (including phenoxy) is 1. The lowest BCUT2D eigenvalue weighted by Crippen LogP contribution is -2.32. The summed E-state index contributed by atoms with van der Waals surface area (Å²) in [6, 6.07) is 5.05. The van der Waals surface area contributed by atoms with E-state index in [1.54, 1.807) is 12.1 Å². The van der Waals surface area contributed by atoms with Gasteiger partial charge in [-0.1, -0.05) is 19.4 Å². The number of rotatable bonds is 6. The first-order valence-electron chi connectivity index (χ1n) is 6.07. The highest BCUT2D eigenvalue weighted by atomic mass is 32.2. The summed E-state index contributed by atoms with van der Waals surface area (Å²) >= 11 is 0. The van der Waals surface area contributed by atoms with E-state index in [9.17, 15) is 8.42 Å². The van der Waals surface area contributed by atoms with Crippen LogP contribution in [-0.4, -0.2) is 21.6 Å². The van der Waals surface area contributed by atoms with Crippen molar-refractivity contribution in [2.75, 3.05) is 7.11 Å². The average molecular weight is 271 g/mol. The van der Waals surface area contributed by atoms with E-state index in [0.717, 1.165) is 18.4 Å². The number of hydrogen-bond acceptors (Lipinski definition) is 3. The second-order valence-corrected chi connectivity index (χ2v) is 6.15. The zero-order valence-corrected chi connectivity index (χ0v) is 12.2. The van der Waals surface area contributed by atoms with Gasteiger partial charge in [0.1, 0.15) is 10.6 Å². The summed E-state index contributed by atoms with van der Waals surface area (Å²) in [5, 5.41) is 0. The summed E-state index contributed by atoms with van der Waals surface area (Å²) in [6.07, 6.45) is 1.75. The van der Waals surface area contributed by atoms with Crippen molar-refractivity contribution >= 4 is 10.0 Å². The number of methoxy groups -OCH3 is 1. The maximum Gasteiger partial charge on any atom is 0.244 e. The molecule has 1 rings (SSSR count). The minimum Gasteiger partial charge on any atom is -0.495 e. The van der Waals surface area contributed by atoms with Crippen LogP contribution in [0.4, 0.5) is 0 Å². The molecule has 5 heteroatoms. The van der Waals surface area contributed by atoms with Crippen molar-refractivity contribution in [3.63, 3.8) is 0 Å². The monoisotopic (exact) mass is 271 g/mol. The largest absolute Gasteiger partial charge is 0.495 e. The van der Waals surface area contributed by atoms with Gasteiger partial charge in [0.2, 0.25) is 10.0 Å². The SMILES string of the molecule is CCCC(C)NS(=O)(=O)c1cc(C)ccc1OC. The van der Waals surface area contributed by atoms with Gasteiger partial charge < -0.3 is 4.74 Å². The van der Waals surface area contributed by atoms with Crippen LogP contribution >= 0.6 is 0 Å². The molecule has 0 saturated heterocycles. The molecular formula is C13H21NO3S. The van der Waals surface area contributed by atoms with Crippen molar-refractivity contribution in [3.05, 3.63) is 23.8 Å². The van der Waals surface area contributed by atoms with Gasteiger partial charge in [0.15, 0.2) is 0 Å². The molecule has 18 heavy (non-hydrogen) atoms. The smallest absolute Gasteiger partial charge is 0.244 e. The second kappa shape index (κ2) is 6.20. The Bertz CT molecular complexity index is 497. The fraction of sp³-hybridized carbons (Fsp3) is 0.538. The molecule has 0 aromatic heterocycles. The molecule has 0 saturated carbocycles. The first-order valence-corrected chi connectivity index (χ1v) is 7.56. The molecular weight excluding hydrogens is 250 g/mol. The van der Waals surface area contributed by atoms with E-state index >= 15 is 0 Å². The molecule has 1 aromatic rings. The number of hydrogen-bond donors (Lipinski definition) is 1. The van der Waals surface area contributed by atoms with E-state index in [1.807, 2.05) is 26.8 Å². The third kappa shape index (κ3) is 3.71. The van der Waals surface area contributed by atoms with Crippen LogP contribution in [0, 0.1) is 6.92 Å². The summed E-state index contributed by atoms with van der Waals surface area (Å²) in [6.45, 7) is 5.75. The van der Waals surface area contributed by atoms with Crippen molar-refractivity contribution in [2.45, 2.75) is 44.6 Å². The van der Waals surface area contributed by atoms with Crippen LogP contribution in [-0.2, 0) is 10.0 Å². The van der Waals surface area contributed by atoms with E-state index in [4.69, 9.17) is 4.74 Å². The van der Waals surface area contributed by atoms with Crippen LogP contribution in [0.2, 0.25) is 0 Å². The van der Waals surface area contributed by atoms with E-state index in [-0.39, 0.29) is 10.9 Å². The van der Waals surface area contributed by atoms with Crippen molar-refractivity contribution in [2.24, 2.45) is 0 Å². The standard InChI is InChI=1S/C13H21NO3S/c1-5-6-11(3)14-18(15,16)13-9-10(2)7-8-12(13)17-4/h7-9,11,14H,5-6H2,1-4H3. The van der Waals surface area contributed by atoms with Gasteiger partial charge in [-0.3, -0.25) is 0 Å². The van der Waals surface area contributed by atoms with Crippen LogP contribution < -0.4 is 9.46 Å². The summed E-state index contributed by atoms with van der Waals surface area (Å²) in [5.41, 5.74) is 0.888. The Morgan fingerprint density at radius 2 is 2.06 bits per heavy atom. The lowest BCUT2D eigenvalue weighted by Gasteiger charge is -2.15. The Balaban J connectivity index is 3.07. The third-order valence-electron chi connectivity index (χ3n) is 2.69. The Morgan fingerprint density at radius 3 is 2.61 bits per heavy atom. The van der Waals surface area contributed by atoms with Crippen molar-refractivity contribution in [1.82, 2.24) is 4.72 Å². The molecule has 0 radical (unpaired) electrons. The maximum atomic E-state index is 12.3. The van der Waals surface area contributed by atoms with Crippen molar-refractivity contribution in [1.29, 1.82) is 0 Å². The van der Waals surface area contributed by atoms with Gasteiger partial charge in [0.05, 0.1) is 7.11 Å². The molecule has 0 spiro atoms. The topological polar surface area (TPSA) is 55.4 Å². The molecule has 0 aliphatic heterocycles. The second-order valence-electron chi connectivity index (χ2n) is 4.47. The highest BCUT2D eigenvalue weighted by Gasteiger charge is 2.21. The zero-order valence-electron chi connectivity index (χ0n) is 11.4. The Kier molecular flexibility index (Phi) is 5.16. The van der Waals surface area contributed by atoms with Gasteiger partial charge in [-0.25, -0.2) is 13.1 Å². The number of sulfonamides is 1. The van der Waals surface area contributed by atoms with Crippen molar-refractivity contribution in [3.8, 4) is 5.75 Å². The average Bonchev–Trinajstić information content (AvgIpc) is 2.28. The van der Waals surface area contributed by atoms with Crippen LogP contribution in [0.5, 0.6) is 5.75 Å². The number of benzene rings is 1. The fourth-order valence-electron chi connectivity index (χ4n) is 1.81. The molecule has 1 aromatic carbocycles. The zero-order chi connectivity index (χ0) is 13.8. The molecule has 0 bridgehead atoms. The molecule has 0 fully saturated rings. The highest BCUT2D eigenvalue weighted by Crippen LogP contribution is 2.24. The third-order valence-corrected chi connectivity index (χ3v) is 4.30. The van der Waals surface area contributed by atoms with Crippen LogP contribution in [0.3, 0.4) is 0 Å². The molecule has 0 aliphatic rings. The van der Waals surface area contributed by atoms with Crippen LogP contribution in [0.25, 0.3) is 0 Å². The minimum absolute atomic E-state index is 0.0785. The van der Waals surface area contributed by atoms with E-state index in [2.05, 4.69) is 4.72 Å². The summed E-state index contributed by atoms with van der Waals surface area (Å²) in [5.74, 6) is 0.372. The van der Waals surface area contributed by atoms with Crippen molar-refractivity contribution < 1.29 is 13.2 Å². The molecule has 0 aliphatic carbocycles. The molecule has 0 amide bonds. The Labute approximate surface area is 109 Å². The highest BCUT2D eigenvalue weighted by molar-refractivity contribution is 7.89. The summed E-state index contributed by atoms with van der Waals surface area (Å²) < 4.78 is 32.3. The number of nitrogens with one attached hydrogen (secondary N) is 1. The van der Waals surface area contributed by atoms with E-state index in [0.29, 0.717) is 5.75 Å². The van der Waals surface area contributed by atoms with E-state index in [1.165, 1.54) is 7.11 Å². The predicted octanol–water partition coefficient (Wildman–Crippen LogP) is 2.47. The molecule has 102 valence electrons. The fourth-order valence-corrected chi connectivity index (χ4v) is 3.35. The first-order chi connectivity index (χ1) is 8.40. The van der Waals surface area contributed by atoms with Gasteiger partial charge in [0.25, 0.3) is 0 Å². The van der Waals surface area contributed by atoms with Crippen LogP contribution in [0.15, 0.2) is 23.1 Å². The molecule has 4 nitrogen and oxygen atoms in total. The van der Waals surface area contributed by atoms with E-state index < -0.39 is 10.0 Å². The predicted molar refractivity (Wildman–Crippen MR) is 72.4 cm³/mol. The maximum absolute atomic E-state index is 12.3. The quantitative estimate of drug-likeness (QED) is 0.864. The summed E-state index contributed by atoms with van der Waals surface area (Å²) in [7, 11) is -2.05. The Hall–Kier alpha value is -1.07. The normalized spacial score (nSPS) is 13.3. The molecule has 0 heterocycles. The van der Waals surface area contributed by atoms with Gasteiger partial charge in [-0.05, 0) is 38.0 Å². The first kappa shape index (κ1) is 15.0. The lowest BCUT2D eigenvalue weighted by molar-refractivity contribution is 0.401. The number of aryl methyl sites for hydroxylation is 1. The molecule has 1 atom stereocenters. The van der Waals surface area contributed by atoms with Gasteiger partial charge >= 0.3 is 0 Å². The van der Waals surface area contributed by atoms with Gasteiger partial charge in [-0.2, -0.15) is 0 Å². The minimum atomic E-state index is -3.52. The van der Waals surface area contributed by atoms with Gasteiger partial charge in [0, 0.05) is 6.04 Å².